The molecule has 0 bridgehead atoms. The van der Waals surface area contributed by atoms with E-state index in [0.29, 0.717) is 108 Å². The number of benzene rings is 5. The standard InChI is InChI=1S/C25H43NO5Si.C20H31NO3Si.C20H35NO3Si.C15H25IOSi.C10H18O5.C9H21ClSi.C6H5IO.C5H7NO2.B.Cu.HI.2Na.H2O.H/c1-11-29-23(27)22(16-26-24(28)30-25(8,9)10)20-12-14-21(15-13-20)31-32(17(2)3,18(4)5)19(6)7;1-9-23-20(22)19(21-8)17-10-12-18(13-11-17)24-25(14(2)3,15(4)5)16(6)7;1-8-23-20(22)19(13-21)17-9-11-18(12-10-17)24-25(14(2)3,15(4)5)16(6)7;1-11(2)18(12(3)4,13(5)6)17-15-9-7-14(16)8-10-15;1-9(2,3)14-7(11)13-8(12)15-10(4,5)6;1-7(2)11(10,8(3)4)9(5)6;7-5-1-3-6(8)4-2-5;1-3-8-5(7)4-6-2;;;;;;;/h12-15,17-19,22H,11,16H2,1-10H3,(H,26,28);10-16,19H,9H2,1-7H3;9-12,14-16,19H,8,13,21H2,1-7H3;7-13H,1-6H3;1-6H3;7-9H,1-6H3;1-4,8H;3-4H2,1H3;;;1H;;;1H2;/q;;;;;;;;;+1;;2*+1;;-1/p-2. The minimum Gasteiger partial charge on any atom is -1.00 e. The molecule has 0 saturated heterocycles. The molecule has 3 atom stereocenters. The second-order valence-electron chi connectivity index (χ2n) is 42.8. The molecule has 25 nitrogen and oxygen atoms in total. The topological polar surface area (TPSA) is 327 Å². The summed E-state index contributed by atoms with van der Waals surface area (Å²) in [6.07, 6.45) is -2.68. The number of phenolic OH excluding ortho intramolecular Hbond substituents is 1. The van der Waals surface area contributed by atoms with Crippen molar-refractivity contribution in [2.24, 2.45) is 5.73 Å². The molecule has 0 saturated carbocycles. The van der Waals surface area contributed by atoms with Gasteiger partial charge in [0.1, 0.15) is 45.6 Å². The van der Waals surface area contributed by atoms with E-state index in [1.807, 2.05) is 72.8 Å². The van der Waals surface area contributed by atoms with Crippen LogP contribution in [0.2, 0.25) is 83.1 Å². The number of ether oxygens (including phenoxy) is 8. The third-order valence-corrected chi connectivity index (χ3v) is 59.1. The zero-order chi connectivity index (χ0) is 113. The average molecular weight is 2580 g/mol. The van der Waals surface area contributed by atoms with E-state index in [1.165, 1.54) is 3.57 Å². The number of carbonyl (C=O) groups excluding carboxylic acids is 7. The minimum atomic E-state index is -2.07. The molecule has 0 heterocycles. The van der Waals surface area contributed by atoms with E-state index in [4.69, 9.17) is 81.2 Å². The monoisotopic (exact) mass is 2580 g/mol. The predicted molar refractivity (Wildman–Crippen MR) is 635 cm³/mol. The van der Waals surface area contributed by atoms with Crippen LogP contribution < -0.4 is 87.9 Å². The first kappa shape index (κ1) is 159. The summed E-state index contributed by atoms with van der Waals surface area (Å²) in [6, 6.07) is 37.4. The maximum absolute atomic E-state index is 12.6. The van der Waals surface area contributed by atoms with Crippen LogP contribution in [0.5, 0.6) is 28.7 Å². The Morgan fingerprint density at radius 3 is 0.845 bits per heavy atom. The van der Waals surface area contributed by atoms with Gasteiger partial charge in [0.15, 0.2) is 7.38 Å². The molecule has 0 aliphatic heterocycles. The summed E-state index contributed by atoms with van der Waals surface area (Å²) in [5, 5.41) is 11.4. The Bertz CT molecular complexity index is 4420. The van der Waals surface area contributed by atoms with Crippen LogP contribution in [-0.4, -0.2) is 165 Å². The summed E-state index contributed by atoms with van der Waals surface area (Å²) >= 11 is 17.1. The molecule has 38 heteroatoms. The van der Waals surface area contributed by atoms with Gasteiger partial charge >= 0.3 is 147 Å². The van der Waals surface area contributed by atoms with Crippen molar-refractivity contribution in [1.82, 2.24) is 5.32 Å². The van der Waals surface area contributed by atoms with Crippen LogP contribution in [0.3, 0.4) is 0 Å². The van der Waals surface area contributed by atoms with Gasteiger partial charge in [0.25, 0.3) is 33.3 Å². The number of hydrogen-bond donors (Lipinski definition) is 3. The second-order valence-corrected chi connectivity index (χ2v) is 73.8. The Kier molecular flexibility index (Phi) is 85.1. The van der Waals surface area contributed by atoms with E-state index in [2.05, 4.69) is 314 Å². The van der Waals surface area contributed by atoms with Gasteiger partial charge in [-0.25, -0.2) is 37.1 Å². The van der Waals surface area contributed by atoms with Gasteiger partial charge in [-0.3, -0.25) is 14.4 Å². The van der Waals surface area contributed by atoms with Gasteiger partial charge in [-0.15, -0.1) is 0 Å². The molecule has 3 unspecified atom stereocenters. The molecule has 0 fully saturated rings. The smallest absolute Gasteiger partial charge is 1.00 e. The molecule has 0 aliphatic rings. The van der Waals surface area contributed by atoms with Crippen molar-refractivity contribution in [2.45, 2.75) is 416 Å². The molecule has 0 aromatic heterocycles. The van der Waals surface area contributed by atoms with Gasteiger partial charge in [0.05, 0.1) is 38.3 Å². The third-order valence-electron chi connectivity index (χ3n) is 24.4. The van der Waals surface area contributed by atoms with Crippen molar-refractivity contribution >= 4 is 168 Å². The second kappa shape index (κ2) is 79.1. The van der Waals surface area contributed by atoms with Crippen molar-refractivity contribution in [3.8, 4) is 28.7 Å². The van der Waals surface area contributed by atoms with Crippen molar-refractivity contribution in [2.75, 3.05) is 46.1 Å². The number of esters is 4. The molecule has 5 aromatic carbocycles. The number of carbonyl (C=O) groups is 7. The predicted octanol–water partition coefficient (Wildman–Crippen LogP) is 27.1. The molecule has 5 N–H and O–H groups in total. The molecule has 837 valence electrons. The Labute approximate surface area is 999 Å². The van der Waals surface area contributed by atoms with Crippen LogP contribution in [0.1, 0.15) is 334 Å². The normalized spacial score (nSPS) is 12.0. The number of amides is 1. The number of nitrogens with two attached hydrogens (primary N) is 1. The summed E-state index contributed by atoms with van der Waals surface area (Å²) in [4.78, 5) is 87.1. The largest absolute Gasteiger partial charge is 1.00 e. The van der Waals surface area contributed by atoms with Crippen molar-refractivity contribution in [3.05, 3.63) is 168 Å². The van der Waals surface area contributed by atoms with Crippen molar-refractivity contribution in [3.63, 3.8) is 0 Å². The molecule has 1 amide bonds. The zero-order valence-corrected chi connectivity index (χ0v) is 116. The van der Waals surface area contributed by atoms with Crippen LogP contribution >= 0.6 is 76.6 Å². The van der Waals surface area contributed by atoms with E-state index in [1.54, 1.807) is 135 Å². The SMILES string of the molecule is CC(C)(C)OC(=O)OC(=O)OC(C)(C)C.CC(C)[Si](Cl)(C(C)C)C(C)C.CC(C)[Si](Oc1ccc(I)cc1)(C(C)C)C(C)C.CCOC(=O)C(CN)c1ccc(O[Si](C(C)C)(C(C)C)C(C)C)cc1.CCOC(=O)C(CNC(=O)OC(C)(C)C)c1ccc(O[Si](C(C)C)(C(C)C)C(C)C)cc1.Oc1ccc(I)cc1.[B].[C-]#[N+]C(C(=O)OCC)c1ccc(O[Si](C(C)C)(C(C)C)C(C)C)cc1.[C-]#[N+]CC(=O)OCC.[Cu][I].[H-].[Na+].[Na+].[OH-]. The number of hydrogen-bond acceptors (Lipinski definition) is 22. The molecular weight excluding hydrogens is 2390 g/mol. The molecule has 5 aromatic rings. The van der Waals surface area contributed by atoms with Crippen molar-refractivity contribution < 1.29 is 173 Å². The zero-order valence-electron chi connectivity index (χ0n) is 99.4. The Hall–Kier alpha value is -3.96. The summed E-state index contributed by atoms with van der Waals surface area (Å²) in [5.74, 6) is 1.24. The van der Waals surface area contributed by atoms with Crippen LogP contribution in [0.25, 0.3) is 9.69 Å². The first-order valence-corrected chi connectivity index (χ1v) is 67.6. The summed E-state index contributed by atoms with van der Waals surface area (Å²) < 4.78 is 67.8. The summed E-state index contributed by atoms with van der Waals surface area (Å²) in [7, 11) is -9.34. The van der Waals surface area contributed by atoms with E-state index in [0.717, 1.165) is 37.7 Å². The van der Waals surface area contributed by atoms with E-state index in [-0.39, 0.29) is 119 Å². The molecule has 0 spiro atoms. The molecule has 0 aliphatic carbocycles. The average Bonchev–Trinajstić information content (AvgIpc) is 0.796. The van der Waals surface area contributed by atoms with Crippen molar-refractivity contribution in [1.29, 1.82) is 0 Å². The fraction of sp³-hybridized carbons (Fsp3) is 0.645. The number of alkyl carbamates (subject to hydrolysis) is 1. The van der Waals surface area contributed by atoms with Gasteiger partial charge in [0.2, 0.25) is 0 Å². The summed E-state index contributed by atoms with van der Waals surface area (Å²) in [6.45, 7) is 105. The van der Waals surface area contributed by atoms with E-state index >= 15 is 0 Å². The maximum Gasteiger partial charge on any atom is 1.00 e. The molecule has 148 heavy (non-hydrogen) atoms. The Morgan fingerprint density at radius 1 is 0.392 bits per heavy atom. The van der Waals surface area contributed by atoms with Crippen LogP contribution in [0, 0.1) is 20.3 Å². The maximum atomic E-state index is 12.6. The van der Waals surface area contributed by atoms with Crippen LogP contribution in [-0.2, 0) is 69.8 Å². The fourth-order valence-electron chi connectivity index (χ4n) is 18.5. The number of rotatable bonds is 37. The molecule has 3 radical (unpaired) electrons. The van der Waals surface area contributed by atoms with Gasteiger partial charge in [0, 0.05) is 34.2 Å². The number of halogens is 4. The summed E-state index contributed by atoms with van der Waals surface area (Å²) in [5.41, 5.74) is 14.4. The van der Waals surface area contributed by atoms with Gasteiger partial charge in [-0.05, 0) is 326 Å². The van der Waals surface area contributed by atoms with Crippen LogP contribution in [0.15, 0.2) is 121 Å². The minimum absolute atomic E-state index is 0. The number of phenols is 1. The number of aromatic hydroxyl groups is 1. The van der Waals surface area contributed by atoms with Gasteiger partial charge < -0.3 is 83.5 Å². The third kappa shape index (κ3) is 56.8. The molecule has 5 rings (SSSR count). The fourth-order valence-corrected chi connectivity index (χ4v) is 44.2. The quantitative estimate of drug-likeness (QED) is 0.00632. The number of nitrogens with one attached hydrogen (secondary N) is 1. The van der Waals surface area contributed by atoms with Crippen LogP contribution in [0.4, 0.5) is 14.4 Å². The van der Waals surface area contributed by atoms with Gasteiger partial charge in [-0.2, -0.15) is 11.1 Å². The molecular formula is C110H187BClCuI3N4Na2O21Si5. The first-order chi connectivity index (χ1) is 66.4. The van der Waals surface area contributed by atoms with E-state index < -0.39 is 106 Å². The van der Waals surface area contributed by atoms with E-state index in [9.17, 15) is 33.6 Å². The number of nitrogens with zero attached hydrogens (tertiary/aromatic N) is 2. The van der Waals surface area contributed by atoms with Gasteiger partial charge in [-0.1, -0.05) is 232 Å². The first-order valence-electron chi connectivity index (χ1n) is 50.6. The Morgan fingerprint density at radius 2 is 0.628 bits per heavy atom. The Balaban J connectivity index is -0.000000221.